The molecule has 2 atom stereocenters. The third kappa shape index (κ3) is 4.00. The van der Waals surface area contributed by atoms with Gasteiger partial charge >= 0.3 is 0 Å². The number of aryl methyl sites for hydroxylation is 1. The second-order valence-corrected chi connectivity index (χ2v) is 11.5. The van der Waals surface area contributed by atoms with Gasteiger partial charge in [-0.15, -0.1) is 0 Å². The number of amides is 1. The van der Waals surface area contributed by atoms with Gasteiger partial charge in [0, 0.05) is 23.9 Å². The van der Waals surface area contributed by atoms with Crippen LogP contribution in [0.5, 0.6) is 0 Å². The van der Waals surface area contributed by atoms with Gasteiger partial charge in [-0.3, -0.25) is 4.79 Å². The molecule has 5 rings (SSSR count). The van der Waals surface area contributed by atoms with Crippen molar-refractivity contribution in [3.8, 4) is 0 Å². The SMILES string of the molecule is Cc1cccc2oc(SCc3cccc(C(=O)N4CC5(C)CC4CC(C)(C)C5)c3)nc12. The van der Waals surface area contributed by atoms with Gasteiger partial charge in [0.15, 0.2) is 5.58 Å². The zero-order chi connectivity index (χ0) is 21.8. The highest BCUT2D eigenvalue weighted by Gasteiger charge is 2.51. The fraction of sp³-hybridized carbons (Fsp3) is 0.462. The van der Waals surface area contributed by atoms with Gasteiger partial charge in [-0.05, 0) is 66.3 Å². The van der Waals surface area contributed by atoms with E-state index in [9.17, 15) is 4.79 Å². The van der Waals surface area contributed by atoms with Gasteiger partial charge in [0.05, 0.1) is 0 Å². The number of rotatable bonds is 4. The number of nitrogens with zero attached hydrogens (tertiary/aromatic N) is 2. The van der Waals surface area contributed by atoms with Crippen LogP contribution in [0.2, 0.25) is 0 Å². The number of para-hydroxylation sites is 1. The summed E-state index contributed by atoms with van der Waals surface area (Å²) in [7, 11) is 0. The maximum Gasteiger partial charge on any atom is 0.257 e. The Bertz CT molecular complexity index is 1150. The highest BCUT2D eigenvalue weighted by Crippen LogP contribution is 2.52. The summed E-state index contributed by atoms with van der Waals surface area (Å²) >= 11 is 1.57. The van der Waals surface area contributed by atoms with Crippen LogP contribution in [0.15, 0.2) is 52.1 Å². The highest BCUT2D eigenvalue weighted by molar-refractivity contribution is 7.98. The molecule has 2 fully saturated rings. The van der Waals surface area contributed by atoms with Crippen molar-refractivity contribution in [2.75, 3.05) is 6.54 Å². The van der Waals surface area contributed by atoms with Crippen LogP contribution >= 0.6 is 11.8 Å². The second-order valence-electron chi connectivity index (χ2n) is 10.5. The first-order valence-corrected chi connectivity index (χ1v) is 12.1. The number of carbonyl (C=O) groups is 1. The van der Waals surface area contributed by atoms with E-state index in [4.69, 9.17) is 4.42 Å². The third-order valence-electron chi connectivity index (χ3n) is 6.81. The quantitative estimate of drug-likeness (QED) is 0.442. The topological polar surface area (TPSA) is 46.3 Å². The average Bonchev–Trinajstić information content (AvgIpc) is 3.24. The maximum absolute atomic E-state index is 13.4. The molecular formula is C26H30N2O2S. The van der Waals surface area contributed by atoms with Crippen LogP contribution in [-0.4, -0.2) is 28.4 Å². The Morgan fingerprint density at radius 3 is 2.81 bits per heavy atom. The second kappa shape index (κ2) is 7.40. The number of hydrogen-bond acceptors (Lipinski definition) is 4. The van der Waals surface area contributed by atoms with Crippen molar-refractivity contribution < 1.29 is 9.21 Å². The van der Waals surface area contributed by atoms with E-state index < -0.39 is 0 Å². The van der Waals surface area contributed by atoms with Gasteiger partial charge in [0.25, 0.3) is 11.1 Å². The number of hydrogen-bond donors (Lipinski definition) is 0. The molecule has 5 heteroatoms. The molecule has 1 aliphatic carbocycles. The zero-order valence-electron chi connectivity index (χ0n) is 18.8. The molecule has 1 aliphatic heterocycles. The largest absolute Gasteiger partial charge is 0.431 e. The molecule has 1 amide bonds. The molecule has 2 heterocycles. The van der Waals surface area contributed by atoms with Crippen LogP contribution in [0.25, 0.3) is 11.1 Å². The van der Waals surface area contributed by atoms with Gasteiger partial charge < -0.3 is 9.32 Å². The number of oxazole rings is 1. The smallest absolute Gasteiger partial charge is 0.257 e. The third-order valence-corrected chi connectivity index (χ3v) is 7.71. The summed E-state index contributed by atoms with van der Waals surface area (Å²) < 4.78 is 5.88. The molecule has 2 aromatic carbocycles. The molecule has 1 saturated heterocycles. The van der Waals surface area contributed by atoms with E-state index in [0.29, 0.717) is 16.7 Å². The monoisotopic (exact) mass is 434 g/mol. The van der Waals surface area contributed by atoms with E-state index in [-0.39, 0.29) is 11.3 Å². The number of aromatic nitrogens is 1. The summed E-state index contributed by atoms with van der Waals surface area (Å²) in [4.78, 5) is 20.2. The lowest BCUT2D eigenvalue weighted by atomic mass is 9.65. The van der Waals surface area contributed by atoms with Crippen LogP contribution in [0.1, 0.15) is 61.5 Å². The Morgan fingerprint density at radius 2 is 2.00 bits per heavy atom. The Balaban J connectivity index is 1.31. The summed E-state index contributed by atoms with van der Waals surface area (Å²) in [6, 6.07) is 14.4. The molecule has 0 spiro atoms. The average molecular weight is 435 g/mol. The molecule has 1 saturated carbocycles. The van der Waals surface area contributed by atoms with Crippen molar-refractivity contribution in [2.24, 2.45) is 10.8 Å². The number of benzene rings is 2. The van der Waals surface area contributed by atoms with Gasteiger partial charge in [-0.2, -0.15) is 0 Å². The van der Waals surface area contributed by atoms with Crippen LogP contribution in [0.3, 0.4) is 0 Å². The number of carbonyl (C=O) groups excluding carboxylic acids is 1. The molecular weight excluding hydrogens is 404 g/mol. The standard InChI is InChI=1S/C26H30N2O2S/c1-17-7-5-10-21-22(17)27-24(30-21)31-14-18-8-6-9-19(11-18)23(29)28-16-26(4)13-20(28)12-25(2,3)15-26/h5-11,20H,12-16H2,1-4H3. The first kappa shape index (κ1) is 20.6. The Morgan fingerprint density at radius 1 is 1.19 bits per heavy atom. The number of thioether (sulfide) groups is 1. The Hall–Kier alpha value is -2.27. The molecule has 0 N–H and O–H groups in total. The van der Waals surface area contributed by atoms with Gasteiger partial charge in [0.1, 0.15) is 5.52 Å². The van der Waals surface area contributed by atoms with Crippen molar-refractivity contribution in [3.63, 3.8) is 0 Å². The molecule has 1 aromatic heterocycles. The van der Waals surface area contributed by atoms with Crippen LogP contribution < -0.4 is 0 Å². The summed E-state index contributed by atoms with van der Waals surface area (Å²) in [5, 5.41) is 0.671. The minimum absolute atomic E-state index is 0.177. The molecule has 162 valence electrons. The maximum atomic E-state index is 13.4. The zero-order valence-corrected chi connectivity index (χ0v) is 19.6. The summed E-state index contributed by atoms with van der Waals surface area (Å²) in [5.41, 5.74) is 5.33. The van der Waals surface area contributed by atoms with E-state index in [1.54, 1.807) is 11.8 Å². The Kier molecular flexibility index (Phi) is 4.93. The molecule has 2 bridgehead atoms. The first-order valence-electron chi connectivity index (χ1n) is 11.1. The minimum atomic E-state index is 0.177. The lowest BCUT2D eigenvalue weighted by Crippen LogP contribution is -2.37. The van der Waals surface area contributed by atoms with Crippen LogP contribution in [-0.2, 0) is 5.75 Å². The van der Waals surface area contributed by atoms with Gasteiger partial charge in [0.2, 0.25) is 0 Å². The normalized spacial score (nSPS) is 24.6. The van der Waals surface area contributed by atoms with Crippen LogP contribution in [0, 0.1) is 17.8 Å². The van der Waals surface area contributed by atoms with E-state index in [0.717, 1.165) is 52.9 Å². The van der Waals surface area contributed by atoms with Crippen molar-refractivity contribution in [1.29, 1.82) is 0 Å². The molecule has 2 unspecified atom stereocenters. The predicted octanol–water partition coefficient (Wildman–Crippen LogP) is 6.47. The fourth-order valence-electron chi connectivity index (χ4n) is 5.93. The van der Waals surface area contributed by atoms with E-state index in [2.05, 4.69) is 36.7 Å². The number of likely N-dealkylation sites (tertiary alicyclic amines) is 1. The predicted molar refractivity (Wildman–Crippen MR) is 125 cm³/mol. The van der Waals surface area contributed by atoms with Gasteiger partial charge in [-0.25, -0.2) is 4.98 Å². The summed E-state index contributed by atoms with van der Waals surface area (Å²) in [6.45, 7) is 9.96. The summed E-state index contributed by atoms with van der Waals surface area (Å²) in [5.74, 6) is 0.900. The molecule has 31 heavy (non-hydrogen) atoms. The fourth-order valence-corrected chi connectivity index (χ4v) is 6.70. The minimum Gasteiger partial charge on any atom is -0.431 e. The molecule has 4 nitrogen and oxygen atoms in total. The lowest BCUT2D eigenvalue weighted by molar-refractivity contribution is 0.0708. The molecule has 2 aliphatic rings. The lowest BCUT2D eigenvalue weighted by Gasteiger charge is -2.39. The van der Waals surface area contributed by atoms with Crippen molar-refractivity contribution in [2.45, 2.75) is 64.0 Å². The van der Waals surface area contributed by atoms with Crippen molar-refractivity contribution in [1.82, 2.24) is 9.88 Å². The van der Waals surface area contributed by atoms with E-state index in [1.807, 2.05) is 43.3 Å². The summed E-state index contributed by atoms with van der Waals surface area (Å²) in [6.07, 6.45) is 3.43. The van der Waals surface area contributed by atoms with Crippen LogP contribution in [0.4, 0.5) is 0 Å². The first-order chi connectivity index (χ1) is 14.7. The Labute approximate surface area is 188 Å². The van der Waals surface area contributed by atoms with Crippen molar-refractivity contribution in [3.05, 3.63) is 59.2 Å². The van der Waals surface area contributed by atoms with Gasteiger partial charge in [-0.1, -0.05) is 56.8 Å². The highest BCUT2D eigenvalue weighted by atomic mass is 32.2. The number of fused-ring (bicyclic) bond motifs is 3. The van der Waals surface area contributed by atoms with E-state index >= 15 is 0 Å². The molecule has 0 radical (unpaired) electrons. The van der Waals surface area contributed by atoms with Crippen molar-refractivity contribution >= 4 is 28.8 Å². The molecule has 3 aromatic rings. The van der Waals surface area contributed by atoms with E-state index in [1.165, 1.54) is 6.42 Å².